The van der Waals surface area contributed by atoms with Crippen LogP contribution in [0.4, 0.5) is 13.2 Å². The lowest BCUT2D eigenvalue weighted by molar-refractivity contribution is -0.262. The molecule has 0 bridgehead atoms. The van der Waals surface area contributed by atoms with E-state index >= 15 is 0 Å². The normalized spacial score (nSPS) is 34.9. The second-order valence-electron chi connectivity index (χ2n) is 3.28. The van der Waals surface area contributed by atoms with Crippen LogP contribution in [-0.2, 0) is 9.53 Å². The lowest BCUT2D eigenvalue weighted by atomic mass is 10.0. The molecule has 2 N–H and O–H groups in total. The van der Waals surface area contributed by atoms with Gasteiger partial charge < -0.3 is 10.5 Å². The van der Waals surface area contributed by atoms with Crippen molar-refractivity contribution in [3.05, 3.63) is 0 Å². The van der Waals surface area contributed by atoms with Crippen LogP contribution in [-0.4, -0.2) is 23.8 Å². The highest BCUT2D eigenvalue weighted by atomic mass is 19.4. The predicted molar refractivity (Wildman–Crippen MR) is 37.8 cm³/mol. The lowest BCUT2D eigenvalue weighted by Gasteiger charge is -2.26. The minimum Gasteiger partial charge on any atom is -0.367 e. The standard InChI is InChI=1S/C7H10F3NO2/c1-6(7(8,9)10)3-2-4(13-6)5(11)12/h4H,2-3H2,1H3,(H2,11,12). The van der Waals surface area contributed by atoms with Crippen molar-refractivity contribution in [2.75, 3.05) is 0 Å². The van der Waals surface area contributed by atoms with E-state index in [4.69, 9.17) is 5.73 Å². The van der Waals surface area contributed by atoms with Crippen LogP contribution in [0.15, 0.2) is 0 Å². The molecule has 1 fully saturated rings. The summed E-state index contributed by atoms with van der Waals surface area (Å²) in [7, 11) is 0. The van der Waals surface area contributed by atoms with Crippen LogP contribution < -0.4 is 5.73 Å². The SMILES string of the molecule is CC1(C(F)(F)F)CCC(C(N)=O)O1. The van der Waals surface area contributed by atoms with Gasteiger partial charge in [-0.2, -0.15) is 13.2 Å². The second-order valence-corrected chi connectivity index (χ2v) is 3.28. The maximum absolute atomic E-state index is 12.3. The molecule has 2 unspecified atom stereocenters. The number of ether oxygens (including phenoxy) is 1. The number of primary amides is 1. The van der Waals surface area contributed by atoms with Crippen LogP contribution in [0.2, 0.25) is 0 Å². The van der Waals surface area contributed by atoms with E-state index in [0.29, 0.717) is 0 Å². The summed E-state index contributed by atoms with van der Waals surface area (Å²) in [5.41, 5.74) is 2.62. The summed E-state index contributed by atoms with van der Waals surface area (Å²) in [6.07, 6.45) is -5.74. The van der Waals surface area contributed by atoms with Gasteiger partial charge in [-0.05, 0) is 19.8 Å². The van der Waals surface area contributed by atoms with Gasteiger partial charge in [-0.25, -0.2) is 0 Å². The maximum Gasteiger partial charge on any atom is 0.417 e. The van der Waals surface area contributed by atoms with Gasteiger partial charge in [0.15, 0.2) is 5.60 Å². The monoisotopic (exact) mass is 197 g/mol. The number of hydrogen-bond donors (Lipinski definition) is 1. The fourth-order valence-electron chi connectivity index (χ4n) is 1.25. The zero-order chi connectivity index (χ0) is 10.3. The Morgan fingerprint density at radius 3 is 2.38 bits per heavy atom. The average molecular weight is 197 g/mol. The fourth-order valence-corrected chi connectivity index (χ4v) is 1.25. The molecule has 3 nitrogen and oxygen atoms in total. The minimum atomic E-state index is -4.45. The van der Waals surface area contributed by atoms with Crippen molar-refractivity contribution in [3.8, 4) is 0 Å². The molecule has 0 radical (unpaired) electrons. The Morgan fingerprint density at radius 2 is 2.15 bits per heavy atom. The molecule has 0 aliphatic carbocycles. The maximum atomic E-state index is 12.3. The molecule has 0 aromatic rings. The Morgan fingerprint density at radius 1 is 1.62 bits per heavy atom. The average Bonchev–Trinajstić information content (AvgIpc) is 2.31. The number of rotatable bonds is 1. The smallest absolute Gasteiger partial charge is 0.367 e. The van der Waals surface area contributed by atoms with E-state index in [0.717, 1.165) is 6.92 Å². The number of hydrogen-bond acceptors (Lipinski definition) is 2. The van der Waals surface area contributed by atoms with E-state index in [1.807, 2.05) is 0 Å². The summed E-state index contributed by atoms with van der Waals surface area (Å²) >= 11 is 0. The molecule has 2 atom stereocenters. The Kier molecular flexibility index (Phi) is 2.27. The third kappa shape index (κ3) is 1.77. The molecular formula is C7H10F3NO2. The third-order valence-electron chi connectivity index (χ3n) is 2.20. The molecule has 1 heterocycles. The second kappa shape index (κ2) is 2.87. The van der Waals surface area contributed by atoms with E-state index in [1.54, 1.807) is 0 Å². The molecule has 6 heteroatoms. The quantitative estimate of drug-likeness (QED) is 0.681. The first-order valence-electron chi connectivity index (χ1n) is 3.80. The van der Waals surface area contributed by atoms with Crippen molar-refractivity contribution in [1.29, 1.82) is 0 Å². The van der Waals surface area contributed by atoms with E-state index in [1.165, 1.54) is 0 Å². The van der Waals surface area contributed by atoms with Gasteiger partial charge in [0.25, 0.3) is 0 Å². The first-order chi connectivity index (χ1) is 5.76. The topological polar surface area (TPSA) is 52.3 Å². The summed E-state index contributed by atoms with van der Waals surface area (Å²) < 4.78 is 41.5. The molecule has 0 aromatic carbocycles. The van der Waals surface area contributed by atoms with Gasteiger partial charge in [0.2, 0.25) is 5.91 Å². The number of nitrogens with two attached hydrogens (primary N) is 1. The zero-order valence-electron chi connectivity index (χ0n) is 7.02. The highest BCUT2D eigenvalue weighted by molar-refractivity contribution is 5.79. The zero-order valence-corrected chi connectivity index (χ0v) is 7.02. The number of amides is 1. The molecule has 0 aromatic heterocycles. The van der Waals surface area contributed by atoms with E-state index in [-0.39, 0.29) is 12.8 Å². The van der Waals surface area contributed by atoms with Gasteiger partial charge in [-0.3, -0.25) is 4.79 Å². The van der Waals surface area contributed by atoms with Crippen molar-refractivity contribution < 1.29 is 22.7 Å². The highest BCUT2D eigenvalue weighted by Gasteiger charge is 2.57. The fraction of sp³-hybridized carbons (Fsp3) is 0.857. The molecule has 0 saturated carbocycles. The Hall–Kier alpha value is -0.780. The van der Waals surface area contributed by atoms with Crippen LogP contribution in [0.1, 0.15) is 19.8 Å². The number of carbonyl (C=O) groups excluding carboxylic acids is 1. The summed E-state index contributed by atoms with van der Waals surface area (Å²) in [6.45, 7) is 0.927. The largest absolute Gasteiger partial charge is 0.417 e. The molecule has 0 spiro atoms. The molecule has 13 heavy (non-hydrogen) atoms. The molecule has 1 rings (SSSR count). The van der Waals surface area contributed by atoms with Gasteiger partial charge in [0, 0.05) is 0 Å². The van der Waals surface area contributed by atoms with Gasteiger partial charge in [-0.15, -0.1) is 0 Å². The van der Waals surface area contributed by atoms with Gasteiger partial charge >= 0.3 is 6.18 Å². The Bertz CT molecular complexity index is 228. The van der Waals surface area contributed by atoms with Crippen LogP contribution in [0.5, 0.6) is 0 Å². The predicted octanol–water partition coefficient (Wildman–Crippen LogP) is 0.972. The van der Waals surface area contributed by atoms with Crippen molar-refractivity contribution >= 4 is 5.91 Å². The summed E-state index contributed by atoms with van der Waals surface area (Å²) in [4.78, 5) is 10.5. The van der Waals surface area contributed by atoms with Gasteiger partial charge in [0.1, 0.15) is 6.10 Å². The molecule has 1 aliphatic rings. The van der Waals surface area contributed by atoms with E-state index < -0.39 is 23.8 Å². The first-order valence-corrected chi connectivity index (χ1v) is 3.80. The summed E-state index contributed by atoms with van der Waals surface area (Å²) in [5.74, 6) is -0.840. The van der Waals surface area contributed by atoms with E-state index in [9.17, 15) is 18.0 Å². The van der Waals surface area contributed by atoms with Crippen LogP contribution >= 0.6 is 0 Å². The van der Waals surface area contributed by atoms with E-state index in [2.05, 4.69) is 4.74 Å². The first kappa shape index (κ1) is 10.3. The lowest BCUT2D eigenvalue weighted by Crippen LogP contribution is -2.43. The molecule has 1 aliphatic heterocycles. The Balaban J connectivity index is 2.72. The highest BCUT2D eigenvalue weighted by Crippen LogP contribution is 2.42. The van der Waals surface area contributed by atoms with Crippen LogP contribution in [0.3, 0.4) is 0 Å². The summed E-state index contributed by atoms with van der Waals surface area (Å²) in [6, 6.07) is 0. The van der Waals surface area contributed by atoms with Crippen molar-refractivity contribution in [1.82, 2.24) is 0 Å². The minimum absolute atomic E-state index is 0.0331. The van der Waals surface area contributed by atoms with Crippen molar-refractivity contribution in [2.45, 2.75) is 37.6 Å². The molecule has 1 amide bonds. The Labute approximate surface area is 73.0 Å². The van der Waals surface area contributed by atoms with Crippen molar-refractivity contribution in [2.24, 2.45) is 5.73 Å². The summed E-state index contributed by atoms with van der Waals surface area (Å²) in [5, 5.41) is 0. The van der Waals surface area contributed by atoms with Gasteiger partial charge in [0.05, 0.1) is 0 Å². The molecular weight excluding hydrogens is 187 g/mol. The third-order valence-corrected chi connectivity index (χ3v) is 2.20. The molecule has 76 valence electrons. The van der Waals surface area contributed by atoms with Gasteiger partial charge in [-0.1, -0.05) is 0 Å². The number of carbonyl (C=O) groups is 1. The number of alkyl halides is 3. The molecule has 1 saturated heterocycles. The number of halogens is 3. The van der Waals surface area contributed by atoms with Crippen molar-refractivity contribution in [3.63, 3.8) is 0 Å². The van der Waals surface area contributed by atoms with Crippen LogP contribution in [0, 0.1) is 0 Å². The van der Waals surface area contributed by atoms with Crippen LogP contribution in [0.25, 0.3) is 0 Å².